The van der Waals surface area contributed by atoms with Crippen LogP contribution in [0.1, 0.15) is 0 Å². The summed E-state index contributed by atoms with van der Waals surface area (Å²) in [6.45, 7) is 3.01. The smallest absolute Gasteiger partial charge is 0.234 e. The van der Waals surface area contributed by atoms with E-state index in [2.05, 4.69) is 25.1 Å². The SMILES string of the molecule is O=C(CSc1nccc(N2CCN(c3ccc(F)cc3)CC2)n1)Nc1ccc(F)cc1F. The highest BCUT2D eigenvalue weighted by molar-refractivity contribution is 7.99. The molecule has 0 radical (unpaired) electrons. The van der Waals surface area contributed by atoms with Crippen molar-refractivity contribution in [1.29, 1.82) is 0 Å². The monoisotopic (exact) mass is 459 g/mol. The van der Waals surface area contributed by atoms with E-state index in [-0.39, 0.29) is 17.3 Å². The Labute approximate surface area is 187 Å². The van der Waals surface area contributed by atoms with Crippen LogP contribution in [0.5, 0.6) is 0 Å². The summed E-state index contributed by atoms with van der Waals surface area (Å²) in [6, 6.07) is 11.2. The first kappa shape index (κ1) is 21.9. The van der Waals surface area contributed by atoms with Crippen LogP contribution in [0.3, 0.4) is 0 Å². The number of halogens is 3. The van der Waals surface area contributed by atoms with E-state index in [4.69, 9.17) is 0 Å². The van der Waals surface area contributed by atoms with Gasteiger partial charge < -0.3 is 15.1 Å². The van der Waals surface area contributed by atoms with Gasteiger partial charge in [-0.25, -0.2) is 23.1 Å². The second-order valence-corrected chi connectivity index (χ2v) is 8.05. The number of aromatic nitrogens is 2. The van der Waals surface area contributed by atoms with E-state index in [0.717, 1.165) is 55.5 Å². The minimum Gasteiger partial charge on any atom is -0.368 e. The molecule has 0 atom stereocenters. The van der Waals surface area contributed by atoms with Crippen LogP contribution in [-0.4, -0.2) is 47.8 Å². The fourth-order valence-electron chi connectivity index (χ4n) is 3.33. The van der Waals surface area contributed by atoms with Crippen LogP contribution >= 0.6 is 11.8 Å². The zero-order valence-corrected chi connectivity index (χ0v) is 17.8. The lowest BCUT2D eigenvalue weighted by atomic mass is 10.2. The largest absolute Gasteiger partial charge is 0.368 e. The van der Waals surface area contributed by atoms with Crippen LogP contribution in [0.25, 0.3) is 0 Å². The topological polar surface area (TPSA) is 61.4 Å². The molecule has 1 amide bonds. The first-order valence-corrected chi connectivity index (χ1v) is 10.9. The van der Waals surface area contributed by atoms with E-state index in [0.29, 0.717) is 11.2 Å². The molecule has 4 rings (SSSR count). The Morgan fingerprint density at radius 2 is 1.62 bits per heavy atom. The van der Waals surface area contributed by atoms with Gasteiger partial charge in [-0.15, -0.1) is 0 Å². The summed E-state index contributed by atoms with van der Waals surface area (Å²) in [5.41, 5.74) is 0.902. The molecule has 3 aromatic rings. The van der Waals surface area contributed by atoms with Crippen LogP contribution in [0, 0.1) is 17.5 Å². The Hall–Kier alpha value is -3.27. The summed E-state index contributed by atoms with van der Waals surface area (Å²) < 4.78 is 39.8. The molecule has 0 unspecified atom stereocenters. The number of carbonyl (C=O) groups is 1. The van der Waals surface area contributed by atoms with E-state index in [1.54, 1.807) is 18.3 Å². The van der Waals surface area contributed by atoms with Gasteiger partial charge in [0.25, 0.3) is 0 Å². The van der Waals surface area contributed by atoms with Gasteiger partial charge in [0.1, 0.15) is 23.3 Å². The van der Waals surface area contributed by atoms with Gasteiger partial charge in [0.2, 0.25) is 5.91 Å². The Kier molecular flexibility index (Phi) is 6.79. The highest BCUT2D eigenvalue weighted by Gasteiger charge is 2.19. The van der Waals surface area contributed by atoms with Crippen molar-refractivity contribution in [3.05, 3.63) is 72.2 Å². The Morgan fingerprint density at radius 3 is 2.34 bits per heavy atom. The standard InChI is InChI=1S/C22H20F3N5OS/c23-15-1-4-17(5-2-15)29-9-11-30(12-10-29)20-7-8-26-22(28-20)32-14-21(31)27-19-6-3-16(24)13-18(19)25/h1-8,13H,9-12,14H2,(H,27,31). The Balaban J connectivity index is 1.30. The average molecular weight is 459 g/mol. The molecule has 166 valence electrons. The van der Waals surface area contributed by atoms with Crippen LogP contribution in [-0.2, 0) is 4.79 Å². The normalized spacial score (nSPS) is 13.8. The number of hydrogen-bond donors (Lipinski definition) is 1. The molecule has 1 aromatic heterocycles. The maximum Gasteiger partial charge on any atom is 0.234 e. The lowest BCUT2D eigenvalue weighted by Crippen LogP contribution is -2.46. The number of thioether (sulfide) groups is 1. The van der Waals surface area contributed by atoms with E-state index in [1.165, 1.54) is 18.2 Å². The summed E-state index contributed by atoms with van der Waals surface area (Å²) in [5.74, 6) is -1.50. The van der Waals surface area contributed by atoms with Crippen molar-refractivity contribution in [1.82, 2.24) is 9.97 Å². The first-order valence-electron chi connectivity index (χ1n) is 9.94. The van der Waals surface area contributed by atoms with E-state index < -0.39 is 17.5 Å². The number of piperazine rings is 1. The van der Waals surface area contributed by atoms with Crippen LogP contribution in [0.15, 0.2) is 59.9 Å². The van der Waals surface area contributed by atoms with Gasteiger partial charge in [-0.1, -0.05) is 11.8 Å². The molecule has 0 aliphatic carbocycles. The summed E-state index contributed by atoms with van der Waals surface area (Å²) in [4.78, 5) is 25.1. The zero-order chi connectivity index (χ0) is 22.5. The molecular formula is C22H20F3N5OS. The number of rotatable bonds is 6. The number of nitrogens with zero attached hydrogens (tertiary/aromatic N) is 4. The third-order valence-electron chi connectivity index (χ3n) is 4.95. The van der Waals surface area contributed by atoms with E-state index in [1.807, 2.05) is 6.07 Å². The molecule has 2 heterocycles. The van der Waals surface area contributed by atoms with Crippen molar-refractivity contribution < 1.29 is 18.0 Å². The lowest BCUT2D eigenvalue weighted by Gasteiger charge is -2.36. The maximum atomic E-state index is 13.7. The zero-order valence-electron chi connectivity index (χ0n) is 17.0. The van der Waals surface area contributed by atoms with Gasteiger partial charge >= 0.3 is 0 Å². The van der Waals surface area contributed by atoms with Crippen molar-refractivity contribution in [3.63, 3.8) is 0 Å². The molecule has 32 heavy (non-hydrogen) atoms. The molecule has 2 aromatic carbocycles. The van der Waals surface area contributed by atoms with Crippen molar-refractivity contribution in [2.75, 3.05) is 47.0 Å². The molecule has 1 aliphatic heterocycles. The van der Waals surface area contributed by atoms with Gasteiger partial charge in [0, 0.05) is 44.1 Å². The van der Waals surface area contributed by atoms with Gasteiger partial charge in [0.15, 0.2) is 5.16 Å². The third kappa shape index (κ3) is 5.50. The van der Waals surface area contributed by atoms with E-state index >= 15 is 0 Å². The number of benzene rings is 2. The number of anilines is 3. The van der Waals surface area contributed by atoms with Crippen LogP contribution < -0.4 is 15.1 Å². The van der Waals surface area contributed by atoms with Gasteiger partial charge in [-0.05, 0) is 42.5 Å². The molecule has 0 spiro atoms. The summed E-state index contributed by atoms with van der Waals surface area (Å²) >= 11 is 1.13. The third-order valence-corrected chi connectivity index (χ3v) is 5.81. The Morgan fingerprint density at radius 1 is 0.938 bits per heavy atom. The first-order chi connectivity index (χ1) is 15.5. The second kappa shape index (κ2) is 9.90. The highest BCUT2D eigenvalue weighted by atomic mass is 32.2. The van der Waals surface area contributed by atoms with Gasteiger partial charge in [0.05, 0.1) is 11.4 Å². The molecule has 0 saturated carbocycles. The number of amides is 1. The molecule has 1 saturated heterocycles. The summed E-state index contributed by atoms with van der Waals surface area (Å²) in [5, 5.41) is 2.84. The minimum atomic E-state index is -0.832. The van der Waals surface area contributed by atoms with Crippen LogP contribution in [0.2, 0.25) is 0 Å². The predicted octanol–water partition coefficient (Wildman–Crippen LogP) is 3.95. The van der Waals surface area contributed by atoms with Crippen molar-refractivity contribution in [3.8, 4) is 0 Å². The summed E-state index contributed by atoms with van der Waals surface area (Å²) in [7, 11) is 0. The molecule has 6 nitrogen and oxygen atoms in total. The van der Waals surface area contributed by atoms with E-state index in [9.17, 15) is 18.0 Å². The van der Waals surface area contributed by atoms with Crippen molar-refractivity contribution in [2.24, 2.45) is 0 Å². The maximum absolute atomic E-state index is 13.7. The molecule has 10 heteroatoms. The second-order valence-electron chi connectivity index (χ2n) is 7.11. The number of nitrogens with one attached hydrogen (secondary N) is 1. The fourth-order valence-corrected chi connectivity index (χ4v) is 3.96. The van der Waals surface area contributed by atoms with Gasteiger partial charge in [-0.3, -0.25) is 4.79 Å². The molecule has 1 fully saturated rings. The molecule has 1 N–H and O–H groups in total. The predicted molar refractivity (Wildman–Crippen MR) is 119 cm³/mol. The Bertz CT molecular complexity index is 1090. The van der Waals surface area contributed by atoms with Crippen molar-refractivity contribution in [2.45, 2.75) is 5.16 Å². The fraction of sp³-hybridized carbons (Fsp3) is 0.227. The van der Waals surface area contributed by atoms with Crippen LogP contribution in [0.4, 0.5) is 30.4 Å². The van der Waals surface area contributed by atoms with Crippen molar-refractivity contribution >= 4 is 34.9 Å². The molecule has 0 bridgehead atoms. The number of carbonyl (C=O) groups excluding carboxylic acids is 1. The quantitative estimate of drug-likeness (QED) is 0.445. The lowest BCUT2D eigenvalue weighted by molar-refractivity contribution is -0.113. The minimum absolute atomic E-state index is 0.0153. The highest BCUT2D eigenvalue weighted by Crippen LogP contribution is 2.22. The average Bonchev–Trinajstić information content (AvgIpc) is 2.80. The molecular weight excluding hydrogens is 439 g/mol. The number of hydrogen-bond acceptors (Lipinski definition) is 6. The molecule has 1 aliphatic rings. The summed E-state index contributed by atoms with van der Waals surface area (Å²) in [6.07, 6.45) is 1.63. The van der Waals surface area contributed by atoms with Gasteiger partial charge in [-0.2, -0.15) is 0 Å².